The van der Waals surface area contributed by atoms with Crippen LogP contribution in [0.4, 0.5) is 5.69 Å². The van der Waals surface area contributed by atoms with E-state index in [4.69, 9.17) is 17.0 Å². The zero-order chi connectivity index (χ0) is 15.9. The minimum atomic E-state index is -1.16. The van der Waals surface area contributed by atoms with Gasteiger partial charge >= 0.3 is 5.97 Å². The lowest BCUT2D eigenvalue weighted by atomic mass is 10.0. The smallest absolute Gasteiger partial charge is 0.355 e. The summed E-state index contributed by atoms with van der Waals surface area (Å²) in [4.78, 5) is 20.8. The molecule has 2 aromatic rings. The number of H-pyrrole nitrogens is 2. The number of aromatic amines is 2. The third-order valence-corrected chi connectivity index (χ3v) is 3.41. The van der Waals surface area contributed by atoms with Crippen molar-refractivity contribution in [2.24, 2.45) is 4.99 Å². The average molecular weight is 317 g/mol. The normalized spacial score (nSPS) is 14.8. The summed E-state index contributed by atoms with van der Waals surface area (Å²) < 4.78 is 5.39. The minimum absolute atomic E-state index is 0.108. The summed E-state index contributed by atoms with van der Waals surface area (Å²) in [5.74, 6) is -0.744. The Bertz CT molecular complexity index is 892. The fraction of sp³-hybridized carbons (Fsp3) is 0.0714. The third kappa shape index (κ3) is 2.29. The third-order valence-electron chi connectivity index (χ3n) is 3.21. The Balaban J connectivity index is 2.20. The molecule has 1 aliphatic rings. The largest absolute Gasteiger partial charge is 0.497 e. The second kappa shape index (κ2) is 5.15. The molecule has 8 heteroatoms. The number of rotatable bonds is 3. The standard InChI is InChI=1S/C14H11N3O4S/c1-21-6-2-3-9-7(4-6)8(11(15-9)13(19)20)5-10-12(18)17-14(22)16-10/h2-5,18H,1H3,(H,19,20)(H2,16,17,22)/b8-5+. The van der Waals surface area contributed by atoms with E-state index in [1.165, 1.54) is 13.2 Å². The first-order chi connectivity index (χ1) is 10.5. The number of nitrogens with zero attached hydrogens (tertiary/aromatic N) is 1. The maximum Gasteiger partial charge on any atom is 0.355 e. The SMILES string of the molecule is COc1ccc2c(c1)/C(=C\c1[nH]c(=S)[nH]c1O)C(C(=O)O)=N2. The van der Waals surface area contributed by atoms with Crippen molar-refractivity contribution in [1.29, 1.82) is 0 Å². The van der Waals surface area contributed by atoms with Crippen molar-refractivity contribution in [1.82, 2.24) is 9.97 Å². The second-order valence-corrected chi connectivity index (χ2v) is 4.96. The Kier molecular flexibility index (Phi) is 3.30. The lowest BCUT2D eigenvalue weighted by molar-refractivity contribution is -0.129. The summed E-state index contributed by atoms with van der Waals surface area (Å²) in [6.45, 7) is 0. The Morgan fingerprint density at radius 1 is 1.41 bits per heavy atom. The van der Waals surface area contributed by atoms with Gasteiger partial charge in [0.15, 0.2) is 10.5 Å². The summed E-state index contributed by atoms with van der Waals surface area (Å²) in [5.41, 5.74) is 1.67. The van der Waals surface area contributed by atoms with Crippen molar-refractivity contribution in [2.45, 2.75) is 0 Å². The number of carboxylic acids is 1. The number of imidazole rings is 1. The van der Waals surface area contributed by atoms with E-state index in [1.54, 1.807) is 18.2 Å². The number of aliphatic imine (C=N–C) groups is 1. The number of ether oxygens (including phenoxy) is 1. The molecule has 0 unspecified atom stereocenters. The number of fused-ring (bicyclic) bond motifs is 1. The van der Waals surface area contributed by atoms with Crippen LogP contribution in [0.15, 0.2) is 23.2 Å². The zero-order valence-corrected chi connectivity index (χ0v) is 12.2. The van der Waals surface area contributed by atoms with Crippen LogP contribution in [0.25, 0.3) is 11.6 Å². The van der Waals surface area contributed by atoms with Gasteiger partial charge in [0.05, 0.1) is 12.8 Å². The monoisotopic (exact) mass is 317 g/mol. The Morgan fingerprint density at radius 3 is 2.77 bits per heavy atom. The molecule has 2 heterocycles. The molecule has 0 spiro atoms. The van der Waals surface area contributed by atoms with E-state index in [9.17, 15) is 15.0 Å². The first-order valence-corrected chi connectivity index (χ1v) is 6.64. The number of methoxy groups -OCH3 is 1. The van der Waals surface area contributed by atoms with Crippen LogP contribution in [0.2, 0.25) is 0 Å². The molecule has 0 saturated carbocycles. The van der Waals surface area contributed by atoms with Gasteiger partial charge in [-0.1, -0.05) is 0 Å². The van der Waals surface area contributed by atoms with Gasteiger partial charge in [-0.3, -0.25) is 0 Å². The maximum atomic E-state index is 11.4. The van der Waals surface area contributed by atoms with Crippen molar-refractivity contribution >= 4 is 41.2 Å². The number of benzene rings is 1. The fourth-order valence-corrected chi connectivity index (χ4v) is 2.42. The molecule has 0 atom stereocenters. The van der Waals surface area contributed by atoms with Crippen LogP contribution < -0.4 is 4.74 Å². The summed E-state index contributed by atoms with van der Waals surface area (Å²) >= 11 is 4.89. The van der Waals surface area contributed by atoms with Gasteiger partial charge < -0.3 is 24.9 Å². The molecule has 7 nitrogen and oxygen atoms in total. The maximum absolute atomic E-state index is 11.4. The summed E-state index contributed by atoms with van der Waals surface area (Å²) in [6.07, 6.45) is 1.49. The van der Waals surface area contributed by atoms with E-state index in [0.29, 0.717) is 22.6 Å². The number of aromatic hydroxyl groups is 1. The molecule has 112 valence electrons. The molecular weight excluding hydrogens is 306 g/mol. The number of carboxylic acid groups (broad SMARTS) is 1. The van der Waals surface area contributed by atoms with Gasteiger partial charge in [-0.25, -0.2) is 9.79 Å². The van der Waals surface area contributed by atoms with Crippen LogP contribution in [-0.4, -0.2) is 39.0 Å². The number of carbonyl (C=O) groups is 1. The Morgan fingerprint density at radius 2 is 2.18 bits per heavy atom. The topological polar surface area (TPSA) is 111 Å². The molecular formula is C14H11N3O4S. The number of nitrogens with one attached hydrogen (secondary N) is 2. The second-order valence-electron chi connectivity index (χ2n) is 4.55. The predicted octanol–water partition coefficient (Wildman–Crippen LogP) is 2.50. The van der Waals surface area contributed by atoms with Gasteiger partial charge in [0.25, 0.3) is 0 Å². The lowest BCUT2D eigenvalue weighted by Gasteiger charge is -2.04. The van der Waals surface area contributed by atoms with Crippen LogP contribution in [0.1, 0.15) is 11.3 Å². The van der Waals surface area contributed by atoms with Gasteiger partial charge in [0, 0.05) is 11.1 Å². The highest BCUT2D eigenvalue weighted by molar-refractivity contribution is 7.71. The first kappa shape index (κ1) is 14.1. The molecule has 0 bridgehead atoms. The van der Waals surface area contributed by atoms with Crippen LogP contribution in [0, 0.1) is 4.77 Å². The quantitative estimate of drug-likeness (QED) is 0.650. The number of hydrogen-bond donors (Lipinski definition) is 4. The van der Waals surface area contributed by atoms with Gasteiger partial charge in [-0.2, -0.15) is 0 Å². The summed E-state index contributed by atoms with van der Waals surface area (Å²) in [5, 5.41) is 19.1. The highest BCUT2D eigenvalue weighted by Crippen LogP contribution is 2.38. The summed E-state index contributed by atoms with van der Waals surface area (Å²) in [7, 11) is 1.52. The molecule has 22 heavy (non-hydrogen) atoms. The van der Waals surface area contributed by atoms with Crippen LogP contribution in [0.5, 0.6) is 11.6 Å². The van der Waals surface area contributed by atoms with Crippen molar-refractivity contribution < 1.29 is 19.7 Å². The number of hydrogen-bond acceptors (Lipinski definition) is 5. The lowest BCUT2D eigenvalue weighted by Crippen LogP contribution is -2.11. The minimum Gasteiger partial charge on any atom is -0.497 e. The average Bonchev–Trinajstić information content (AvgIpc) is 2.99. The van der Waals surface area contributed by atoms with E-state index < -0.39 is 5.97 Å². The van der Waals surface area contributed by atoms with Crippen molar-refractivity contribution in [2.75, 3.05) is 7.11 Å². The molecule has 4 N–H and O–H groups in total. The molecule has 1 aromatic heterocycles. The van der Waals surface area contributed by atoms with Crippen LogP contribution in [0.3, 0.4) is 0 Å². The first-order valence-electron chi connectivity index (χ1n) is 6.23. The van der Waals surface area contributed by atoms with Crippen molar-refractivity contribution in [3.8, 4) is 11.6 Å². The highest BCUT2D eigenvalue weighted by atomic mass is 32.1. The van der Waals surface area contributed by atoms with Gasteiger partial charge in [-0.05, 0) is 36.5 Å². The number of aliphatic carboxylic acids is 1. The van der Waals surface area contributed by atoms with Crippen LogP contribution >= 0.6 is 12.2 Å². The predicted molar refractivity (Wildman–Crippen MR) is 83.2 cm³/mol. The van der Waals surface area contributed by atoms with E-state index in [0.717, 1.165) is 0 Å². The fourth-order valence-electron chi connectivity index (χ4n) is 2.21. The molecule has 0 amide bonds. The van der Waals surface area contributed by atoms with Crippen LogP contribution in [-0.2, 0) is 4.79 Å². The van der Waals surface area contributed by atoms with E-state index in [2.05, 4.69) is 15.0 Å². The molecule has 0 radical (unpaired) electrons. The number of aromatic nitrogens is 2. The Hall–Kier alpha value is -2.87. The molecule has 0 saturated heterocycles. The molecule has 1 aliphatic heterocycles. The van der Waals surface area contributed by atoms with Crippen molar-refractivity contribution in [3.63, 3.8) is 0 Å². The Labute approximate surface area is 129 Å². The zero-order valence-electron chi connectivity index (χ0n) is 11.4. The van der Waals surface area contributed by atoms with E-state index in [-0.39, 0.29) is 22.1 Å². The molecule has 0 fully saturated rings. The van der Waals surface area contributed by atoms with E-state index in [1.807, 2.05) is 0 Å². The van der Waals surface area contributed by atoms with Gasteiger partial charge in [-0.15, -0.1) is 0 Å². The molecule has 0 aliphatic carbocycles. The van der Waals surface area contributed by atoms with E-state index >= 15 is 0 Å². The van der Waals surface area contributed by atoms with Gasteiger partial charge in [0.2, 0.25) is 5.88 Å². The van der Waals surface area contributed by atoms with Gasteiger partial charge in [0.1, 0.15) is 11.4 Å². The van der Waals surface area contributed by atoms with Crippen molar-refractivity contribution in [3.05, 3.63) is 34.2 Å². The summed E-state index contributed by atoms with van der Waals surface area (Å²) in [6, 6.07) is 5.07. The highest BCUT2D eigenvalue weighted by Gasteiger charge is 2.27. The molecule has 1 aromatic carbocycles. The molecule has 3 rings (SSSR count).